The Balaban J connectivity index is 2.64. The molecule has 0 unspecified atom stereocenters. The SMILES string of the molecule is Cc1c(Cl)cc(NCC(=O)NC(N)=O)cc1Cl. The predicted octanol–water partition coefficient (Wildman–Crippen LogP) is 1.91. The maximum atomic E-state index is 11.1. The van der Waals surface area contributed by atoms with Crippen molar-refractivity contribution in [3.05, 3.63) is 27.7 Å². The zero-order chi connectivity index (χ0) is 13.0. The largest absolute Gasteiger partial charge is 0.376 e. The predicted molar refractivity (Wildman–Crippen MR) is 67.4 cm³/mol. The van der Waals surface area contributed by atoms with Gasteiger partial charge in [0.25, 0.3) is 0 Å². The van der Waals surface area contributed by atoms with Crippen LogP contribution in [0, 0.1) is 6.92 Å². The average molecular weight is 276 g/mol. The third-order valence-electron chi connectivity index (χ3n) is 2.00. The number of imide groups is 1. The minimum atomic E-state index is -0.892. The number of halogens is 2. The number of hydrogen-bond donors (Lipinski definition) is 3. The fourth-order valence-corrected chi connectivity index (χ4v) is 1.60. The molecule has 0 aliphatic carbocycles. The molecule has 0 bridgehead atoms. The van der Waals surface area contributed by atoms with Gasteiger partial charge < -0.3 is 11.1 Å². The molecule has 0 atom stereocenters. The van der Waals surface area contributed by atoms with Crippen LogP contribution in [0.3, 0.4) is 0 Å². The Morgan fingerprint density at radius 3 is 2.29 bits per heavy atom. The molecule has 1 aromatic rings. The summed E-state index contributed by atoms with van der Waals surface area (Å²) in [5, 5.41) is 5.69. The Morgan fingerprint density at radius 1 is 1.29 bits per heavy atom. The molecular formula is C10H11Cl2N3O2. The molecular weight excluding hydrogens is 265 g/mol. The van der Waals surface area contributed by atoms with Crippen LogP contribution in [0.5, 0.6) is 0 Å². The van der Waals surface area contributed by atoms with Gasteiger partial charge in [-0.3, -0.25) is 10.1 Å². The van der Waals surface area contributed by atoms with Crippen molar-refractivity contribution in [3.63, 3.8) is 0 Å². The molecule has 5 nitrogen and oxygen atoms in total. The van der Waals surface area contributed by atoms with Crippen molar-refractivity contribution in [3.8, 4) is 0 Å². The van der Waals surface area contributed by atoms with Gasteiger partial charge in [0.1, 0.15) is 0 Å². The first kappa shape index (κ1) is 13.6. The number of nitrogens with two attached hydrogens (primary N) is 1. The number of benzene rings is 1. The van der Waals surface area contributed by atoms with Gasteiger partial charge in [-0.15, -0.1) is 0 Å². The number of rotatable bonds is 3. The maximum absolute atomic E-state index is 11.1. The fraction of sp³-hybridized carbons (Fsp3) is 0.200. The summed E-state index contributed by atoms with van der Waals surface area (Å²) < 4.78 is 0. The molecule has 0 heterocycles. The molecule has 0 saturated heterocycles. The van der Waals surface area contributed by atoms with E-state index in [4.69, 9.17) is 28.9 Å². The highest BCUT2D eigenvalue weighted by molar-refractivity contribution is 6.36. The van der Waals surface area contributed by atoms with Gasteiger partial charge in [0.2, 0.25) is 5.91 Å². The van der Waals surface area contributed by atoms with Gasteiger partial charge in [0.15, 0.2) is 0 Å². The second kappa shape index (κ2) is 5.75. The lowest BCUT2D eigenvalue weighted by Crippen LogP contribution is -2.38. The number of carbonyl (C=O) groups excluding carboxylic acids is 2. The van der Waals surface area contributed by atoms with Crippen molar-refractivity contribution in [2.45, 2.75) is 6.92 Å². The third kappa shape index (κ3) is 4.13. The van der Waals surface area contributed by atoms with Crippen molar-refractivity contribution in [2.24, 2.45) is 5.73 Å². The molecule has 7 heteroatoms. The van der Waals surface area contributed by atoms with Crippen molar-refractivity contribution in [2.75, 3.05) is 11.9 Å². The van der Waals surface area contributed by atoms with Crippen LogP contribution >= 0.6 is 23.2 Å². The first-order valence-corrected chi connectivity index (χ1v) is 5.44. The highest BCUT2D eigenvalue weighted by Crippen LogP contribution is 2.27. The van der Waals surface area contributed by atoms with E-state index in [9.17, 15) is 9.59 Å². The summed E-state index contributed by atoms with van der Waals surface area (Å²) >= 11 is 11.8. The molecule has 1 aromatic carbocycles. The molecule has 0 aliphatic rings. The molecule has 0 fully saturated rings. The quantitative estimate of drug-likeness (QED) is 0.788. The van der Waals surface area contributed by atoms with Crippen molar-refractivity contribution in [1.82, 2.24) is 5.32 Å². The molecule has 0 aromatic heterocycles. The Morgan fingerprint density at radius 2 is 1.82 bits per heavy atom. The van der Waals surface area contributed by atoms with E-state index in [2.05, 4.69) is 5.32 Å². The summed E-state index contributed by atoms with van der Waals surface area (Å²) in [6.45, 7) is 1.69. The highest BCUT2D eigenvalue weighted by atomic mass is 35.5. The number of carbonyl (C=O) groups is 2. The van der Waals surface area contributed by atoms with Crippen LogP contribution in [0.15, 0.2) is 12.1 Å². The van der Waals surface area contributed by atoms with Gasteiger partial charge >= 0.3 is 6.03 Å². The van der Waals surface area contributed by atoms with Gasteiger partial charge in [0, 0.05) is 15.7 Å². The zero-order valence-electron chi connectivity index (χ0n) is 9.01. The Kier molecular flexibility index (Phi) is 4.60. The van der Waals surface area contributed by atoms with Crippen molar-refractivity contribution >= 4 is 40.8 Å². The minimum Gasteiger partial charge on any atom is -0.376 e. The maximum Gasteiger partial charge on any atom is 0.318 e. The third-order valence-corrected chi connectivity index (χ3v) is 2.78. The van der Waals surface area contributed by atoms with E-state index in [1.165, 1.54) is 0 Å². The Hall–Kier alpha value is -1.46. The number of hydrogen-bond acceptors (Lipinski definition) is 3. The monoisotopic (exact) mass is 275 g/mol. The normalized spacial score (nSPS) is 9.82. The van der Waals surface area contributed by atoms with Crippen LogP contribution < -0.4 is 16.4 Å². The number of amides is 3. The van der Waals surface area contributed by atoms with Crippen LogP contribution in [-0.2, 0) is 4.79 Å². The highest BCUT2D eigenvalue weighted by Gasteiger charge is 2.06. The van der Waals surface area contributed by atoms with E-state index >= 15 is 0 Å². The lowest BCUT2D eigenvalue weighted by Gasteiger charge is -2.08. The summed E-state index contributed by atoms with van der Waals surface area (Å²) in [6, 6.07) is 2.39. The zero-order valence-corrected chi connectivity index (χ0v) is 10.5. The van der Waals surface area contributed by atoms with Gasteiger partial charge in [-0.05, 0) is 24.6 Å². The molecule has 0 radical (unpaired) electrons. The van der Waals surface area contributed by atoms with Crippen LogP contribution in [0.1, 0.15) is 5.56 Å². The second-order valence-corrected chi connectivity index (χ2v) is 4.15. The average Bonchev–Trinajstić information content (AvgIpc) is 2.22. The first-order valence-electron chi connectivity index (χ1n) is 4.69. The molecule has 1 rings (SSSR count). The molecule has 17 heavy (non-hydrogen) atoms. The van der Waals surface area contributed by atoms with Gasteiger partial charge in [-0.25, -0.2) is 4.79 Å². The molecule has 3 amide bonds. The summed E-state index contributed by atoms with van der Waals surface area (Å²) in [7, 11) is 0. The molecule has 92 valence electrons. The van der Waals surface area contributed by atoms with E-state index < -0.39 is 11.9 Å². The topological polar surface area (TPSA) is 84.2 Å². The van der Waals surface area contributed by atoms with E-state index in [-0.39, 0.29) is 6.54 Å². The number of primary amides is 1. The first-order chi connectivity index (χ1) is 7.90. The summed E-state index contributed by atoms with van der Waals surface area (Å²) in [6.07, 6.45) is 0. The fourth-order valence-electron chi connectivity index (χ4n) is 1.11. The van der Waals surface area contributed by atoms with Crippen LogP contribution in [0.25, 0.3) is 0 Å². The lowest BCUT2D eigenvalue weighted by atomic mass is 10.2. The van der Waals surface area contributed by atoms with E-state index in [1.807, 2.05) is 5.32 Å². The van der Waals surface area contributed by atoms with Gasteiger partial charge in [0.05, 0.1) is 6.54 Å². The summed E-state index contributed by atoms with van der Waals surface area (Å²) in [5.41, 5.74) is 6.14. The summed E-state index contributed by atoms with van der Waals surface area (Å²) in [4.78, 5) is 21.5. The standard InChI is InChI=1S/C10H11Cl2N3O2/c1-5-7(11)2-6(3-8(5)12)14-4-9(16)15-10(13)17/h2-3,14H,4H2,1H3,(H3,13,15,16,17). The van der Waals surface area contributed by atoms with Crippen LogP contribution in [0.2, 0.25) is 10.0 Å². The summed E-state index contributed by atoms with van der Waals surface area (Å²) in [5.74, 6) is -0.537. The van der Waals surface area contributed by atoms with E-state index in [0.29, 0.717) is 15.7 Å². The number of urea groups is 1. The second-order valence-electron chi connectivity index (χ2n) is 3.33. The number of anilines is 1. The smallest absolute Gasteiger partial charge is 0.318 e. The molecule has 0 spiro atoms. The number of nitrogens with one attached hydrogen (secondary N) is 2. The van der Waals surface area contributed by atoms with Gasteiger partial charge in [-0.2, -0.15) is 0 Å². The van der Waals surface area contributed by atoms with Crippen LogP contribution in [0.4, 0.5) is 10.5 Å². The lowest BCUT2D eigenvalue weighted by molar-refractivity contribution is -0.118. The minimum absolute atomic E-state index is 0.0986. The molecule has 4 N–H and O–H groups in total. The van der Waals surface area contributed by atoms with Crippen molar-refractivity contribution < 1.29 is 9.59 Å². The van der Waals surface area contributed by atoms with Gasteiger partial charge in [-0.1, -0.05) is 23.2 Å². The van der Waals surface area contributed by atoms with E-state index in [0.717, 1.165) is 5.56 Å². The van der Waals surface area contributed by atoms with Crippen molar-refractivity contribution in [1.29, 1.82) is 0 Å². The van der Waals surface area contributed by atoms with E-state index in [1.54, 1.807) is 19.1 Å². The van der Waals surface area contributed by atoms with Crippen LogP contribution in [-0.4, -0.2) is 18.5 Å². The Bertz CT molecular complexity index is 440. The molecule has 0 aliphatic heterocycles. The molecule has 0 saturated carbocycles. The Labute approximate surface area is 108 Å².